The minimum absolute atomic E-state index is 0.0196. The van der Waals surface area contributed by atoms with Crippen LogP contribution in [0.1, 0.15) is 5.56 Å². The first-order valence-electron chi connectivity index (χ1n) is 5.63. The maximum atomic E-state index is 13.1. The van der Waals surface area contributed by atoms with Crippen molar-refractivity contribution < 1.29 is 13.2 Å². The number of benzene rings is 1. The van der Waals surface area contributed by atoms with Gasteiger partial charge in [-0.25, -0.2) is 4.98 Å². The Bertz CT molecular complexity index is 780. The van der Waals surface area contributed by atoms with Gasteiger partial charge >= 0.3 is 6.18 Å². The second-order valence-electron chi connectivity index (χ2n) is 4.11. The molecule has 7 heteroatoms. The number of alkyl halides is 3. The molecule has 0 saturated heterocycles. The summed E-state index contributed by atoms with van der Waals surface area (Å²) >= 11 is 5.68. The predicted molar refractivity (Wildman–Crippen MR) is 68.9 cm³/mol. The lowest BCUT2D eigenvalue weighted by Gasteiger charge is -2.03. The molecule has 1 aromatic carbocycles. The van der Waals surface area contributed by atoms with Crippen molar-refractivity contribution in [1.82, 2.24) is 14.5 Å². The van der Waals surface area contributed by atoms with E-state index in [0.29, 0.717) is 5.52 Å². The standard InChI is InChI=1S/C13H7ClF3N3/c14-12-18-6-5-11(19-12)20-7-9(13(15,16)17)8-3-1-2-4-10(8)20/h1-7H. The molecule has 0 amide bonds. The predicted octanol–water partition coefficient (Wildman–Crippen LogP) is 4.09. The van der Waals surface area contributed by atoms with Crippen molar-refractivity contribution in [3.63, 3.8) is 0 Å². The van der Waals surface area contributed by atoms with Crippen LogP contribution in [0.25, 0.3) is 16.7 Å². The average Bonchev–Trinajstić information content (AvgIpc) is 2.78. The fourth-order valence-corrected chi connectivity index (χ4v) is 2.20. The van der Waals surface area contributed by atoms with E-state index in [2.05, 4.69) is 9.97 Å². The minimum atomic E-state index is -4.43. The lowest BCUT2D eigenvalue weighted by Crippen LogP contribution is -2.04. The number of fused-ring (bicyclic) bond motifs is 1. The number of aromatic nitrogens is 3. The highest BCUT2D eigenvalue weighted by molar-refractivity contribution is 6.28. The molecule has 3 rings (SSSR count). The van der Waals surface area contributed by atoms with Crippen LogP contribution in [0.5, 0.6) is 0 Å². The first kappa shape index (κ1) is 12.9. The van der Waals surface area contributed by atoms with Crippen LogP contribution < -0.4 is 0 Å². The zero-order valence-corrected chi connectivity index (χ0v) is 10.7. The highest BCUT2D eigenvalue weighted by Crippen LogP contribution is 2.36. The third-order valence-electron chi connectivity index (χ3n) is 2.88. The van der Waals surface area contributed by atoms with Crippen molar-refractivity contribution in [3.05, 3.63) is 53.6 Å². The minimum Gasteiger partial charge on any atom is -0.300 e. The molecule has 0 saturated carbocycles. The summed E-state index contributed by atoms with van der Waals surface area (Å²) in [5.74, 6) is 0.289. The molecule has 102 valence electrons. The zero-order chi connectivity index (χ0) is 14.3. The van der Waals surface area contributed by atoms with Crippen LogP contribution in [0.15, 0.2) is 42.7 Å². The van der Waals surface area contributed by atoms with E-state index < -0.39 is 11.7 Å². The van der Waals surface area contributed by atoms with E-state index in [1.54, 1.807) is 18.2 Å². The lowest BCUT2D eigenvalue weighted by molar-refractivity contribution is -0.136. The number of rotatable bonds is 1. The van der Waals surface area contributed by atoms with Gasteiger partial charge in [0.2, 0.25) is 5.28 Å². The second-order valence-corrected chi connectivity index (χ2v) is 4.45. The summed E-state index contributed by atoms with van der Waals surface area (Å²) in [6.45, 7) is 0. The number of halogens is 4. The van der Waals surface area contributed by atoms with Crippen LogP contribution in [-0.4, -0.2) is 14.5 Å². The van der Waals surface area contributed by atoms with Gasteiger partial charge in [-0.3, -0.25) is 0 Å². The summed E-state index contributed by atoms with van der Waals surface area (Å²) < 4.78 is 40.5. The number of hydrogen-bond acceptors (Lipinski definition) is 2. The molecule has 20 heavy (non-hydrogen) atoms. The molecule has 0 aliphatic rings. The Morgan fingerprint density at radius 2 is 1.85 bits per heavy atom. The van der Waals surface area contributed by atoms with E-state index in [0.717, 1.165) is 6.20 Å². The van der Waals surface area contributed by atoms with E-state index in [1.165, 1.54) is 22.9 Å². The van der Waals surface area contributed by atoms with Gasteiger partial charge in [-0.2, -0.15) is 18.2 Å². The molecular formula is C13H7ClF3N3. The van der Waals surface area contributed by atoms with E-state index in [9.17, 15) is 13.2 Å². The SMILES string of the molecule is FC(F)(F)c1cn(-c2ccnc(Cl)n2)c2ccccc12. The van der Waals surface area contributed by atoms with Gasteiger partial charge in [0, 0.05) is 17.8 Å². The first-order valence-corrected chi connectivity index (χ1v) is 6.01. The molecule has 0 spiro atoms. The number of nitrogens with zero attached hydrogens (tertiary/aromatic N) is 3. The summed E-state index contributed by atoms with van der Waals surface area (Å²) in [6.07, 6.45) is -2.02. The zero-order valence-electron chi connectivity index (χ0n) is 9.89. The third kappa shape index (κ3) is 2.12. The maximum absolute atomic E-state index is 13.1. The van der Waals surface area contributed by atoms with Crippen molar-refractivity contribution in [1.29, 1.82) is 0 Å². The molecule has 2 aromatic heterocycles. The second kappa shape index (κ2) is 4.49. The van der Waals surface area contributed by atoms with Gasteiger partial charge in [0.1, 0.15) is 5.82 Å². The van der Waals surface area contributed by atoms with Gasteiger partial charge in [-0.15, -0.1) is 0 Å². The smallest absolute Gasteiger partial charge is 0.300 e. The van der Waals surface area contributed by atoms with Crippen LogP contribution in [-0.2, 0) is 6.18 Å². The van der Waals surface area contributed by atoms with Gasteiger partial charge in [-0.1, -0.05) is 18.2 Å². The van der Waals surface area contributed by atoms with Crippen molar-refractivity contribution >= 4 is 22.5 Å². The fraction of sp³-hybridized carbons (Fsp3) is 0.0769. The van der Waals surface area contributed by atoms with Crippen LogP contribution in [0, 0.1) is 0 Å². The molecule has 2 heterocycles. The molecule has 3 nitrogen and oxygen atoms in total. The van der Waals surface area contributed by atoms with Crippen LogP contribution >= 0.6 is 11.6 Å². The Balaban J connectivity index is 2.32. The normalized spacial score (nSPS) is 12.0. The summed E-state index contributed by atoms with van der Waals surface area (Å²) in [5.41, 5.74) is -0.294. The van der Waals surface area contributed by atoms with Crippen LogP contribution in [0.4, 0.5) is 13.2 Å². The Morgan fingerprint density at radius 3 is 2.55 bits per heavy atom. The molecular weight excluding hydrogens is 291 g/mol. The highest BCUT2D eigenvalue weighted by Gasteiger charge is 2.34. The third-order valence-corrected chi connectivity index (χ3v) is 3.06. The molecule has 0 N–H and O–H groups in total. The quantitative estimate of drug-likeness (QED) is 0.633. The summed E-state index contributed by atoms with van der Waals surface area (Å²) in [4.78, 5) is 7.66. The molecule has 0 radical (unpaired) electrons. The Hall–Kier alpha value is -2.08. The van der Waals surface area contributed by atoms with Gasteiger partial charge in [0.15, 0.2) is 0 Å². The van der Waals surface area contributed by atoms with Gasteiger partial charge in [0.25, 0.3) is 0 Å². The Kier molecular flexibility index (Phi) is 2.90. The summed E-state index contributed by atoms with van der Waals surface area (Å²) in [6, 6.07) is 7.76. The molecule has 0 fully saturated rings. The molecule has 0 aliphatic carbocycles. The van der Waals surface area contributed by atoms with Crippen LogP contribution in [0.2, 0.25) is 5.28 Å². The Labute approximate surface area is 116 Å². The van der Waals surface area contributed by atoms with E-state index in [4.69, 9.17) is 11.6 Å². The molecule has 0 bridgehead atoms. The van der Waals surface area contributed by atoms with Gasteiger partial charge in [0.05, 0.1) is 11.1 Å². The van der Waals surface area contributed by atoms with Gasteiger partial charge in [-0.05, 0) is 23.7 Å². The van der Waals surface area contributed by atoms with E-state index >= 15 is 0 Å². The van der Waals surface area contributed by atoms with Crippen molar-refractivity contribution in [2.45, 2.75) is 6.18 Å². The molecule has 0 atom stereocenters. The summed E-state index contributed by atoms with van der Waals surface area (Å²) in [7, 11) is 0. The van der Waals surface area contributed by atoms with Crippen molar-refractivity contribution in [3.8, 4) is 5.82 Å². The topological polar surface area (TPSA) is 30.7 Å². The molecule has 0 unspecified atom stereocenters. The van der Waals surface area contributed by atoms with Crippen molar-refractivity contribution in [2.75, 3.05) is 0 Å². The highest BCUT2D eigenvalue weighted by atomic mass is 35.5. The average molecular weight is 298 g/mol. The van der Waals surface area contributed by atoms with E-state index in [1.807, 2.05) is 0 Å². The van der Waals surface area contributed by atoms with Gasteiger partial charge < -0.3 is 4.57 Å². The van der Waals surface area contributed by atoms with E-state index in [-0.39, 0.29) is 16.5 Å². The Morgan fingerprint density at radius 1 is 1.10 bits per heavy atom. The number of hydrogen-bond donors (Lipinski definition) is 0. The molecule has 0 aliphatic heterocycles. The first-order chi connectivity index (χ1) is 9.47. The number of para-hydroxylation sites is 1. The fourth-order valence-electron chi connectivity index (χ4n) is 2.06. The maximum Gasteiger partial charge on any atom is 0.418 e. The molecule has 3 aromatic rings. The largest absolute Gasteiger partial charge is 0.418 e. The van der Waals surface area contributed by atoms with Crippen LogP contribution in [0.3, 0.4) is 0 Å². The monoisotopic (exact) mass is 297 g/mol. The summed E-state index contributed by atoms with van der Waals surface area (Å²) in [5, 5.41) is 0.101. The lowest BCUT2D eigenvalue weighted by atomic mass is 10.2. The van der Waals surface area contributed by atoms with Crippen molar-refractivity contribution in [2.24, 2.45) is 0 Å².